The van der Waals surface area contributed by atoms with Crippen LogP contribution in [0.2, 0.25) is 0 Å². The Morgan fingerprint density at radius 3 is 2.38 bits per heavy atom. The normalized spacial score (nSPS) is 13.9. The van der Waals surface area contributed by atoms with E-state index in [0.29, 0.717) is 6.54 Å². The van der Waals surface area contributed by atoms with E-state index in [1.54, 1.807) is 4.90 Å². The Bertz CT molecular complexity index is 481. The van der Waals surface area contributed by atoms with Crippen molar-refractivity contribution in [1.29, 1.82) is 0 Å². The van der Waals surface area contributed by atoms with Crippen molar-refractivity contribution in [3.05, 3.63) is 29.8 Å². The predicted molar refractivity (Wildman–Crippen MR) is 82.0 cm³/mol. The number of carbonyl (C=O) groups is 2. The van der Waals surface area contributed by atoms with Gasteiger partial charge in [-0.3, -0.25) is 4.79 Å². The van der Waals surface area contributed by atoms with Crippen LogP contribution >= 0.6 is 0 Å². The van der Waals surface area contributed by atoms with Crippen molar-refractivity contribution >= 4 is 17.6 Å². The van der Waals surface area contributed by atoms with E-state index in [2.05, 4.69) is 16.0 Å². The SMILES string of the molecule is CNc1ccc(CNC(=O)NCC(=O)N2CCCC2)cc1. The fraction of sp³-hybridized carbons (Fsp3) is 0.467. The molecule has 0 atom stereocenters. The molecule has 1 heterocycles. The minimum atomic E-state index is -0.319. The number of benzene rings is 1. The molecule has 21 heavy (non-hydrogen) atoms. The first-order valence-corrected chi connectivity index (χ1v) is 7.25. The van der Waals surface area contributed by atoms with Crippen LogP contribution in [0.5, 0.6) is 0 Å². The van der Waals surface area contributed by atoms with Crippen molar-refractivity contribution in [3.8, 4) is 0 Å². The highest BCUT2D eigenvalue weighted by Gasteiger charge is 2.17. The number of likely N-dealkylation sites (tertiary alicyclic amines) is 1. The van der Waals surface area contributed by atoms with Crippen LogP contribution in [-0.4, -0.2) is 43.5 Å². The molecule has 114 valence electrons. The van der Waals surface area contributed by atoms with Gasteiger partial charge in [0.2, 0.25) is 5.91 Å². The summed E-state index contributed by atoms with van der Waals surface area (Å²) in [5.74, 6) is -0.0129. The number of hydrogen-bond acceptors (Lipinski definition) is 3. The molecule has 1 aliphatic heterocycles. The van der Waals surface area contributed by atoms with Gasteiger partial charge >= 0.3 is 6.03 Å². The third-order valence-electron chi connectivity index (χ3n) is 3.55. The summed E-state index contributed by atoms with van der Waals surface area (Å²) in [7, 11) is 1.86. The van der Waals surface area contributed by atoms with Crippen LogP contribution in [0, 0.1) is 0 Å². The van der Waals surface area contributed by atoms with Crippen LogP contribution in [0.3, 0.4) is 0 Å². The summed E-state index contributed by atoms with van der Waals surface area (Å²) < 4.78 is 0. The highest BCUT2D eigenvalue weighted by molar-refractivity contribution is 5.84. The summed E-state index contributed by atoms with van der Waals surface area (Å²) in [6.45, 7) is 2.11. The molecule has 0 unspecified atom stereocenters. The van der Waals surface area contributed by atoms with Gasteiger partial charge in [0.25, 0.3) is 0 Å². The van der Waals surface area contributed by atoms with Crippen LogP contribution in [-0.2, 0) is 11.3 Å². The molecular formula is C15H22N4O2. The molecule has 3 N–H and O–H groups in total. The van der Waals surface area contributed by atoms with Crippen molar-refractivity contribution in [1.82, 2.24) is 15.5 Å². The van der Waals surface area contributed by atoms with E-state index in [9.17, 15) is 9.59 Å². The fourth-order valence-electron chi connectivity index (χ4n) is 2.27. The third kappa shape index (κ3) is 4.66. The molecule has 1 aliphatic rings. The van der Waals surface area contributed by atoms with Crippen LogP contribution in [0.1, 0.15) is 18.4 Å². The quantitative estimate of drug-likeness (QED) is 0.761. The molecule has 0 bridgehead atoms. The Kier molecular flexibility index (Phi) is 5.43. The zero-order valence-electron chi connectivity index (χ0n) is 12.3. The molecule has 1 aromatic rings. The molecule has 6 heteroatoms. The highest BCUT2D eigenvalue weighted by atomic mass is 16.2. The number of nitrogens with one attached hydrogen (secondary N) is 3. The van der Waals surface area contributed by atoms with Gasteiger partial charge in [-0.25, -0.2) is 4.79 Å². The van der Waals surface area contributed by atoms with Gasteiger partial charge in [-0.05, 0) is 30.5 Å². The number of rotatable bonds is 5. The number of anilines is 1. The number of urea groups is 1. The lowest BCUT2D eigenvalue weighted by Crippen LogP contribution is -2.42. The van der Waals surface area contributed by atoms with Crippen molar-refractivity contribution in [2.75, 3.05) is 32.0 Å². The second-order valence-electron chi connectivity index (χ2n) is 5.07. The molecule has 0 radical (unpaired) electrons. The molecule has 0 aliphatic carbocycles. The Balaban J connectivity index is 1.67. The lowest BCUT2D eigenvalue weighted by atomic mass is 10.2. The smallest absolute Gasteiger partial charge is 0.315 e. The van der Waals surface area contributed by atoms with E-state index in [1.165, 1.54) is 0 Å². The van der Waals surface area contributed by atoms with Crippen LogP contribution in [0.25, 0.3) is 0 Å². The lowest BCUT2D eigenvalue weighted by Gasteiger charge is -2.15. The molecule has 1 aromatic carbocycles. The van der Waals surface area contributed by atoms with E-state index in [1.807, 2.05) is 31.3 Å². The van der Waals surface area contributed by atoms with Gasteiger partial charge in [-0.2, -0.15) is 0 Å². The summed E-state index contributed by atoms with van der Waals surface area (Å²) in [4.78, 5) is 25.2. The monoisotopic (exact) mass is 290 g/mol. The first kappa shape index (κ1) is 15.2. The maximum Gasteiger partial charge on any atom is 0.315 e. The van der Waals surface area contributed by atoms with Gasteiger partial charge in [0.05, 0.1) is 6.54 Å². The van der Waals surface area contributed by atoms with Gasteiger partial charge in [-0.15, -0.1) is 0 Å². The summed E-state index contributed by atoms with van der Waals surface area (Å²) in [5, 5.41) is 8.38. The molecule has 1 fully saturated rings. The van der Waals surface area contributed by atoms with Crippen molar-refractivity contribution < 1.29 is 9.59 Å². The van der Waals surface area contributed by atoms with E-state index < -0.39 is 0 Å². The first-order chi connectivity index (χ1) is 10.2. The van der Waals surface area contributed by atoms with Crippen LogP contribution in [0.15, 0.2) is 24.3 Å². The Labute approximate surface area is 124 Å². The van der Waals surface area contributed by atoms with Crippen molar-refractivity contribution in [2.45, 2.75) is 19.4 Å². The van der Waals surface area contributed by atoms with Gasteiger partial charge in [-0.1, -0.05) is 12.1 Å². The molecule has 1 saturated heterocycles. The largest absolute Gasteiger partial charge is 0.388 e. The standard InChI is InChI=1S/C15H22N4O2/c1-16-13-6-4-12(5-7-13)10-17-15(21)18-11-14(20)19-8-2-3-9-19/h4-7,16H,2-3,8-11H2,1H3,(H2,17,18,21). The minimum absolute atomic E-state index is 0.0129. The van der Waals surface area contributed by atoms with Gasteiger partial charge in [0.1, 0.15) is 0 Å². The number of nitrogens with zero attached hydrogens (tertiary/aromatic N) is 1. The molecule has 3 amide bonds. The Morgan fingerprint density at radius 1 is 1.10 bits per heavy atom. The lowest BCUT2D eigenvalue weighted by molar-refractivity contribution is -0.128. The van der Waals surface area contributed by atoms with Crippen LogP contribution in [0.4, 0.5) is 10.5 Å². The molecule has 6 nitrogen and oxygen atoms in total. The Morgan fingerprint density at radius 2 is 1.76 bits per heavy atom. The minimum Gasteiger partial charge on any atom is -0.388 e. The number of amides is 3. The van der Waals surface area contributed by atoms with Crippen LogP contribution < -0.4 is 16.0 Å². The van der Waals surface area contributed by atoms with E-state index in [4.69, 9.17) is 0 Å². The van der Waals surface area contributed by atoms with E-state index in [-0.39, 0.29) is 18.5 Å². The average molecular weight is 290 g/mol. The average Bonchev–Trinajstić information content (AvgIpc) is 3.05. The zero-order chi connectivity index (χ0) is 15.1. The van der Waals surface area contributed by atoms with Gasteiger partial charge < -0.3 is 20.9 Å². The fourth-order valence-corrected chi connectivity index (χ4v) is 2.27. The molecular weight excluding hydrogens is 268 g/mol. The maximum atomic E-state index is 11.8. The zero-order valence-corrected chi connectivity index (χ0v) is 12.3. The van der Waals surface area contributed by atoms with E-state index >= 15 is 0 Å². The topological polar surface area (TPSA) is 73.5 Å². The van der Waals surface area contributed by atoms with E-state index in [0.717, 1.165) is 37.2 Å². The number of hydrogen-bond donors (Lipinski definition) is 3. The van der Waals surface area contributed by atoms with Crippen molar-refractivity contribution in [2.24, 2.45) is 0 Å². The van der Waals surface area contributed by atoms with Gasteiger partial charge in [0.15, 0.2) is 0 Å². The second-order valence-corrected chi connectivity index (χ2v) is 5.07. The third-order valence-corrected chi connectivity index (χ3v) is 3.55. The van der Waals surface area contributed by atoms with Crippen molar-refractivity contribution in [3.63, 3.8) is 0 Å². The molecule has 0 aromatic heterocycles. The first-order valence-electron chi connectivity index (χ1n) is 7.25. The summed E-state index contributed by atoms with van der Waals surface area (Å²) in [6.07, 6.45) is 2.11. The summed E-state index contributed by atoms with van der Waals surface area (Å²) in [6, 6.07) is 7.47. The number of carbonyl (C=O) groups excluding carboxylic acids is 2. The van der Waals surface area contributed by atoms with Gasteiger partial charge in [0, 0.05) is 32.4 Å². The molecule has 0 spiro atoms. The molecule has 0 saturated carbocycles. The summed E-state index contributed by atoms with van der Waals surface area (Å²) in [5.41, 5.74) is 2.04. The maximum absolute atomic E-state index is 11.8. The Hall–Kier alpha value is -2.24. The predicted octanol–water partition coefficient (Wildman–Crippen LogP) is 1.15. The summed E-state index contributed by atoms with van der Waals surface area (Å²) >= 11 is 0. The molecule has 2 rings (SSSR count). The highest BCUT2D eigenvalue weighted by Crippen LogP contribution is 2.08. The second kappa shape index (κ2) is 7.52.